The number of anilines is 5. The van der Waals surface area contributed by atoms with Gasteiger partial charge in [0.2, 0.25) is 11.9 Å². The molecule has 0 saturated carbocycles. The number of aliphatic hydroxyl groups is 1. The SMILES string of the molecule is COc1cc(N2CC(CN(C)C)C2)c([N+](=O)[O-])cc1Nc1ncnc(Nc2cc(Cl)c(F)cc2C(C)(C)O)n1. The second kappa shape index (κ2) is 11.1. The maximum Gasteiger partial charge on any atom is 0.294 e. The average Bonchev–Trinajstić information content (AvgIpc) is 2.82. The van der Waals surface area contributed by atoms with E-state index < -0.39 is 16.3 Å². The summed E-state index contributed by atoms with van der Waals surface area (Å²) >= 11 is 5.96. The van der Waals surface area contributed by atoms with Crippen molar-refractivity contribution >= 4 is 46.2 Å². The quantitative estimate of drug-likeness (QED) is 0.241. The number of rotatable bonds is 10. The van der Waals surface area contributed by atoms with Crippen molar-refractivity contribution in [2.45, 2.75) is 19.4 Å². The molecular formula is C25H30ClFN8O4. The molecule has 0 radical (unpaired) electrons. The molecule has 2 heterocycles. The number of hydrogen-bond acceptors (Lipinski definition) is 11. The highest BCUT2D eigenvalue weighted by molar-refractivity contribution is 6.31. The number of benzene rings is 2. The number of aromatic nitrogens is 3. The van der Waals surface area contributed by atoms with Gasteiger partial charge < -0.3 is 30.3 Å². The van der Waals surface area contributed by atoms with Crippen LogP contribution in [0, 0.1) is 21.8 Å². The second-order valence-corrected chi connectivity index (χ2v) is 10.5. The van der Waals surface area contributed by atoms with Gasteiger partial charge in [-0.3, -0.25) is 10.1 Å². The van der Waals surface area contributed by atoms with Gasteiger partial charge >= 0.3 is 0 Å². The molecule has 3 aromatic rings. The fraction of sp³-hybridized carbons (Fsp3) is 0.400. The van der Waals surface area contributed by atoms with Crippen LogP contribution in [0.2, 0.25) is 5.02 Å². The molecule has 12 nitrogen and oxygen atoms in total. The second-order valence-electron chi connectivity index (χ2n) is 10.1. The van der Waals surface area contributed by atoms with E-state index in [1.165, 1.54) is 39.4 Å². The fourth-order valence-electron chi connectivity index (χ4n) is 4.44. The Bertz CT molecular complexity index is 1380. The summed E-state index contributed by atoms with van der Waals surface area (Å²) < 4.78 is 19.6. The molecular weight excluding hydrogens is 531 g/mol. The minimum Gasteiger partial charge on any atom is -0.494 e. The maximum absolute atomic E-state index is 14.1. The minimum absolute atomic E-state index is 0.0678. The van der Waals surface area contributed by atoms with E-state index >= 15 is 0 Å². The molecule has 0 aliphatic carbocycles. The Morgan fingerprint density at radius 1 is 1.21 bits per heavy atom. The number of hydrogen-bond donors (Lipinski definition) is 3. The Labute approximate surface area is 229 Å². The highest BCUT2D eigenvalue weighted by Gasteiger charge is 2.33. The number of nitro groups is 1. The smallest absolute Gasteiger partial charge is 0.294 e. The molecule has 14 heteroatoms. The Morgan fingerprint density at radius 2 is 1.85 bits per heavy atom. The Hall–Kier alpha value is -3.81. The summed E-state index contributed by atoms with van der Waals surface area (Å²) in [5.41, 5.74) is -0.166. The zero-order chi connectivity index (χ0) is 28.5. The lowest BCUT2D eigenvalue weighted by Gasteiger charge is -2.41. The number of nitro benzene ring substituents is 1. The third kappa shape index (κ3) is 6.44. The molecule has 1 fully saturated rings. The summed E-state index contributed by atoms with van der Waals surface area (Å²) in [5.74, 6) is 0.253. The molecule has 4 rings (SSSR count). The van der Waals surface area contributed by atoms with Gasteiger partial charge in [0.05, 0.1) is 28.3 Å². The zero-order valence-corrected chi connectivity index (χ0v) is 23.0. The van der Waals surface area contributed by atoms with Crippen molar-refractivity contribution in [3.05, 3.63) is 57.1 Å². The maximum atomic E-state index is 14.1. The number of ether oxygens (including phenoxy) is 1. The van der Waals surface area contributed by atoms with Crippen LogP contribution in [-0.2, 0) is 5.60 Å². The monoisotopic (exact) mass is 560 g/mol. The van der Waals surface area contributed by atoms with E-state index in [0.29, 0.717) is 36.1 Å². The third-order valence-electron chi connectivity index (χ3n) is 6.20. The van der Waals surface area contributed by atoms with E-state index in [-0.39, 0.29) is 33.9 Å². The number of nitrogens with one attached hydrogen (secondary N) is 2. The van der Waals surface area contributed by atoms with E-state index in [0.717, 1.165) is 12.6 Å². The van der Waals surface area contributed by atoms with E-state index in [1.807, 2.05) is 19.0 Å². The first-order valence-corrected chi connectivity index (χ1v) is 12.4. The normalized spacial score (nSPS) is 13.8. The lowest BCUT2D eigenvalue weighted by molar-refractivity contribution is -0.384. The molecule has 1 aliphatic rings. The molecule has 0 spiro atoms. The van der Waals surface area contributed by atoms with Crippen molar-refractivity contribution in [2.24, 2.45) is 5.92 Å². The van der Waals surface area contributed by atoms with Gasteiger partial charge in [0.1, 0.15) is 23.6 Å². The molecule has 39 heavy (non-hydrogen) atoms. The number of nitrogens with zero attached hydrogens (tertiary/aromatic N) is 6. The minimum atomic E-state index is -1.39. The van der Waals surface area contributed by atoms with Crippen molar-refractivity contribution < 1.29 is 19.2 Å². The van der Waals surface area contributed by atoms with Crippen LogP contribution >= 0.6 is 11.6 Å². The molecule has 0 atom stereocenters. The number of methoxy groups -OCH3 is 1. The van der Waals surface area contributed by atoms with Crippen LogP contribution in [0.4, 0.5) is 39.0 Å². The lowest BCUT2D eigenvalue weighted by atomic mass is 9.96. The summed E-state index contributed by atoms with van der Waals surface area (Å²) in [6, 6.07) is 5.47. The summed E-state index contributed by atoms with van der Waals surface area (Å²) in [6.07, 6.45) is 1.23. The molecule has 1 saturated heterocycles. The van der Waals surface area contributed by atoms with Crippen LogP contribution in [0.15, 0.2) is 30.6 Å². The first kappa shape index (κ1) is 28.2. The average molecular weight is 561 g/mol. The zero-order valence-electron chi connectivity index (χ0n) is 22.2. The standard InChI is InChI=1S/C25H30ClFN8O4/c1-25(2,36)15-6-17(27)16(26)7-18(15)30-23-28-13-29-24(32-23)31-19-8-21(35(37)38)20(9-22(19)39-5)34-11-14(12-34)10-33(3)4/h6-9,13-14,36H,10-12H2,1-5H3,(H2,28,29,30,31,32). The van der Waals surface area contributed by atoms with Crippen molar-refractivity contribution in [2.75, 3.05) is 56.4 Å². The summed E-state index contributed by atoms with van der Waals surface area (Å²) in [5, 5.41) is 28.2. The van der Waals surface area contributed by atoms with Crippen LogP contribution in [0.5, 0.6) is 5.75 Å². The van der Waals surface area contributed by atoms with Crippen molar-refractivity contribution in [3.8, 4) is 5.75 Å². The van der Waals surface area contributed by atoms with Gasteiger partial charge in [0.15, 0.2) is 0 Å². The topological polar surface area (TPSA) is 142 Å². The van der Waals surface area contributed by atoms with Crippen LogP contribution in [0.3, 0.4) is 0 Å². The van der Waals surface area contributed by atoms with Crippen LogP contribution in [-0.4, -0.2) is 70.7 Å². The molecule has 1 aromatic heterocycles. The van der Waals surface area contributed by atoms with E-state index in [9.17, 15) is 19.6 Å². The summed E-state index contributed by atoms with van der Waals surface area (Å²) in [6.45, 7) is 5.33. The highest BCUT2D eigenvalue weighted by atomic mass is 35.5. The van der Waals surface area contributed by atoms with Crippen molar-refractivity contribution in [3.63, 3.8) is 0 Å². The van der Waals surface area contributed by atoms with Gasteiger partial charge in [-0.05, 0) is 40.1 Å². The van der Waals surface area contributed by atoms with E-state index in [1.54, 1.807) is 6.07 Å². The Balaban J connectivity index is 1.60. The molecule has 0 unspecified atom stereocenters. The number of halogens is 2. The Morgan fingerprint density at radius 3 is 2.41 bits per heavy atom. The van der Waals surface area contributed by atoms with Gasteiger partial charge in [-0.25, -0.2) is 14.4 Å². The summed E-state index contributed by atoms with van der Waals surface area (Å²) in [7, 11) is 5.47. The molecule has 0 amide bonds. The predicted molar refractivity (Wildman–Crippen MR) is 147 cm³/mol. The molecule has 1 aliphatic heterocycles. The molecule has 208 valence electrons. The molecule has 3 N–H and O–H groups in total. The predicted octanol–water partition coefficient (Wildman–Crippen LogP) is 4.29. The highest BCUT2D eigenvalue weighted by Crippen LogP contribution is 2.41. The summed E-state index contributed by atoms with van der Waals surface area (Å²) in [4.78, 5) is 28.1. The van der Waals surface area contributed by atoms with Crippen LogP contribution in [0.1, 0.15) is 19.4 Å². The van der Waals surface area contributed by atoms with Crippen LogP contribution < -0.4 is 20.3 Å². The molecule has 2 aromatic carbocycles. The van der Waals surface area contributed by atoms with Gasteiger partial charge in [0, 0.05) is 48.9 Å². The van der Waals surface area contributed by atoms with Crippen LogP contribution in [0.25, 0.3) is 0 Å². The largest absolute Gasteiger partial charge is 0.494 e. The van der Waals surface area contributed by atoms with Crippen molar-refractivity contribution in [1.29, 1.82) is 0 Å². The molecule has 0 bridgehead atoms. The first-order valence-electron chi connectivity index (χ1n) is 12.1. The van der Waals surface area contributed by atoms with E-state index in [2.05, 4.69) is 30.5 Å². The third-order valence-corrected chi connectivity index (χ3v) is 6.49. The fourth-order valence-corrected chi connectivity index (χ4v) is 4.60. The lowest BCUT2D eigenvalue weighted by Crippen LogP contribution is -2.50. The van der Waals surface area contributed by atoms with E-state index in [4.69, 9.17) is 16.3 Å². The van der Waals surface area contributed by atoms with Gasteiger partial charge in [0.25, 0.3) is 5.69 Å². The van der Waals surface area contributed by atoms with Gasteiger partial charge in [-0.1, -0.05) is 11.6 Å². The van der Waals surface area contributed by atoms with Gasteiger partial charge in [-0.15, -0.1) is 0 Å². The van der Waals surface area contributed by atoms with Gasteiger partial charge in [-0.2, -0.15) is 4.98 Å². The van der Waals surface area contributed by atoms with Crippen molar-refractivity contribution in [1.82, 2.24) is 19.9 Å². The Kier molecular flexibility index (Phi) is 8.04. The first-order chi connectivity index (χ1) is 18.3.